The van der Waals surface area contributed by atoms with Crippen molar-refractivity contribution < 1.29 is 28.2 Å². The molecule has 1 aromatic carbocycles. The van der Waals surface area contributed by atoms with Crippen LogP contribution < -0.4 is 15.8 Å². The molecule has 2 aromatic heterocycles. The van der Waals surface area contributed by atoms with Crippen molar-refractivity contribution in [1.82, 2.24) is 25.4 Å². The quantitative estimate of drug-likeness (QED) is 0.524. The summed E-state index contributed by atoms with van der Waals surface area (Å²) in [7, 11) is 0. The van der Waals surface area contributed by atoms with Crippen LogP contribution in [0.3, 0.4) is 0 Å². The minimum absolute atomic E-state index is 0.0639. The fraction of sp³-hybridized carbons (Fsp3) is 0.214. The number of aliphatic hydroxyl groups is 1. The molecule has 0 fully saturated rings. The van der Waals surface area contributed by atoms with Gasteiger partial charge in [0.1, 0.15) is 5.82 Å². The Morgan fingerprint density at radius 2 is 2.19 bits per heavy atom. The van der Waals surface area contributed by atoms with Gasteiger partial charge in [0.05, 0.1) is 16.8 Å². The highest BCUT2D eigenvalue weighted by Crippen LogP contribution is 2.27. The number of benzene rings is 1. The summed E-state index contributed by atoms with van der Waals surface area (Å²) >= 11 is 3.03. The van der Waals surface area contributed by atoms with Crippen molar-refractivity contribution in [2.75, 3.05) is 19.8 Å². The Morgan fingerprint density at radius 3 is 2.93 bits per heavy atom. The van der Waals surface area contributed by atoms with Crippen LogP contribution in [0.1, 0.15) is 0 Å². The number of nitrogens with one attached hydrogen (secondary N) is 1. The second-order valence-electron chi connectivity index (χ2n) is 4.99. The molecule has 27 heavy (non-hydrogen) atoms. The van der Waals surface area contributed by atoms with E-state index in [0.29, 0.717) is 0 Å². The van der Waals surface area contributed by atoms with E-state index in [2.05, 4.69) is 45.9 Å². The van der Waals surface area contributed by atoms with Gasteiger partial charge in [-0.05, 0) is 44.4 Å². The summed E-state index contributed by atoms with van der Waals surface area (Å²) in [5.41, 5.74) is 0.135. The smallest absolute Gasteiger partial charge is 0.446 e. The second-order valence-corrected chi connectivity index (χ2v) is 5.84. The molecule has 0 atom stereocenters. The number of rotatable bonds is 7. The first-order chi connectivity index (χ1) is 13.0. The Balaban J connectivity index is 1.91. The molecule has 0 radical (unpaired) electrons. The third-order valence-corrected chi connectivity index (χ3v) is 3.82. The predicted molar refractivity (Wildman–Crippen MR) is 88.6 cm³/mol. The zero-order chi connectivity index (χ0) is 19.4. The average molecular weight is 444 g/mol. The Morgan fingerprint density at radius 1 is 1.37 bits per heavy atom. The maximum Gasteiger partial charge on any atom is 0.446 e. The summed E-state index contributed by atoms with van der Waals surface area (Å²) in [6, 6.07) is 3.82. The van der Waals surface area contributed by atoms with Gasteiger partial charge in [-0.3, -0.25) is 9.32 Å². The van der Waals surface area contributed by atoms with E-state index in [4.69, 9.17) is 9.84 Å². The topological polar surface area (TPSA) is 146 Å². The highest BCUT2D eigenvalue weighted by Gasteiger charge is 2.24. The molecule has 0 aliphatic rings. The van der Waals surface area contributed by atoms with Gasteiger partial charge in [0, 0.05) is 6.54 Å². The van der Waals surface area contributed by atoms with Crippen LogP contribution in [0.4, 0.5) is 4.39 Å². The van der Waals surface area contributed by atoms with Gasteiger partial charge in [-0.25, -0.2) is 18.4 Å². The normalized spacial score (nSPS) is 10.8. The van der Waals surface area contributed by atoms with Crippen molar-refractivity contribution in [3.05, 3.63) is 39.0 Å². The number of halogens is 2. The second kappa shape index (κ2) is 8.09. The largest absolute Gasteiger partial charge is 0.464 e. The third-order valence-electron chi connectivity index (χ3n) is 3.21. The van der Waals surface area contributed by atoms with Gasteiger partial charge < -0.3 is 15.2 Å². The number of aromatic nitrogens is 4. The van der Waals surface area contributed by atoms with Gasteiger partial charge >= 0.3 is 5.76 Å². The predicted octanol–water partition coefficient (Wildman–Crippen LogP) is 0.264. The molecule has 2 heterocycles. The Hall–Kier alpha value is -3.06. The summed E-state index contributed by atoms with van der Waals surface area (Å²) in [4.78, 5) is 23.6. The van der Waals surface area contributed by atoms with Gasteiger partial charge in [0.25, 0.3) is 11.8 Å². The lowest BCUT2D eigenvalue weighted by atomic mass is 10.3. The lowest BCUT2D eigenvalue weighted by molar-refractivity contribution is -0.123. The zero-order valence-electron chi connectivity index (χ0n) is 13.4. The highest BCUT2D eigenvalue weighted by atomic mass is 79.9. The minimum Gasteiger partial charge on any atom is -0.464 e. The molecular weight excluding hydrogens is 433 g/mol. The van der Waals surface area contributed by atoms with E-state index >= 15 is 0 Å². The summed E-state index contributed by atoms with van der Waals surface area (Å²) in [6.07, 6.45) is 0. The van der Waals surface area contributed by atoms with Crippen LogP contribution >= 0.6 is 15.9 Å². The number of nitrogens with zero attached hydrogens (tertiary/aromatic N) is 4. The molecule has 2 N–H and O–H groups in total. The van der Waals surface area contributed by atoms with Crippen molar-refractivity contribution in [2.24, 2.45) is 0 Å². The van der Waals surface area contributed by atoms with Crippen LogP contribution in [0.2, 0.25) is 0 Å². The van der Waals surface area contributed by atoms with Crippen LogP contribution in [-0.4, -0.2) is 50.8 Å². The Labute approximate surface area is 157 Å². The first kappa shape index (κ1) is 18.7. The minimum atomic E-state index is -0.863. The number of hydrogen-bond acceptors (Lipinski definition) is 9. The molecule has 3 rings (SSSR count). The van der Waals surface area contributed by atoms with Gasteiger partial charge in [-0.15, -0.1) is 0 Å². The fourth-order valence-corrected chi connectivity index (χ4v) is 2.41. The number of carbonyl (C=O) groups is 1. The molecule has 3 aromatic rings. The fourth-order valence-electron chi connectivity index (χ4n) is 2.04. The van der Waals surface area contributed by atoms with Gasteiger partial charge in [-0.1, -0.05) is 5.16 Å². The lowest BCUT2D eigenvalue weighted by Gasteiger charge is -2.06. The van der Waals surface area contributed by atoms with E-state index < -0.39 is 24.1 Å². The van der Waals surface area contributed by atoms with E-state index in [0.717, 1.165) is 10.6 Å². The molecule has 1 amide bonds. The molecule has 13 heteroatoms. The molecule has 0 unspecified atom stereocenters. The van der Waals surface area contributed by atoms with Crippen molar-refractivity contribution in [2.45, 2.75) is 0 Å². The molecule has 0 aliphatic heterocycles. The molecular formula is C14H11BrFN5O6. The van der Waals surface area contributed by atoms with Crippen molar-refractivity contribution >= 4 is 21.8 Å². The Bertz CT molecular complexity index is 1020. The van der Waals surface area contributed by atoms with Crippen molar-refractivity contribution in [3.63, 3.8) is 0 Å². The molecule has 11 nitrogen and oxygen atoms in total. The van der Waals surface area contributed by atoms with Crippen LogP contribution in [0, 0.1) is 5.82 Å². The Kier molecular flexibility index (Phi) is 5.61. The van der Waals surface area contributed by atoms with E-state index in [9.17, 15) is 14.0 Å². The summed E-state index contributed by atoms with van der Waals surface area (Å²) < 4.78 is 29.0. The first-order valence-corrected chi connectivity index (χ1v) is 8.18. The van der Waals surface area contributed by atoms with Crippen molar-refractivity contribution in [1.29, 1.82) is 0 Å². The van der Waals surface area contributed by atoms with Crippen LogP contribution in [0.25, 0.3) is 17.2 Å². The number of ether oxygens (including phenoxy) is 1. The average Bonchev–Trinajstić information content (AvgIpc) is 3.26. The van der Waals surface area contributed by atoms with E-state index in [1.807, 2.05) is 0 Å². The van der Waals surface area contributed by atoms with Crippen LogP contribution in [0.15, 0.2) is 36.6 Å². The maximum absolute atomic E-state index is 13.5. The molecule has 0 saturated carbocycles. The van der Waals surface area contributed by atoms with E-state index in [-0.39, 0.29) is 40.7 Å². The summed E-state index contributed by atoms with van der Waals surface area (Å²) in [5, 5.41) is 21.8. The highest BCUT2D eigenvalue weighted by molar-refractivity contribution is 9.10. The molecule has 142 valence electrons. The number of hydrogen-bond donors (Lipinski definition) is 2. The van der Waals surface area contributed by atoms with Crippen molar-refractivity contribution in [3.8, 4) is 23.1 Å². The first-order valence-electron chi connectivity index (χ1n) is 7.38. The van der Waals surface area contributed by atoms with Gasteiger partial charge in [-0.2, -0.15) is 0 Å². The van der Waals surface area contributed by atoms with Gasteiger partial charge in [0.2, 0.25) is 11.5 Å². The standard InChI is InChI=1S/C14H11BrFN5O6/c15-8-5-7(1-2-9(8)16)21-12(19-26-14(21)24)11-13(20-27-18-11)25-6-10(23)17-3-4-22/h1-2,5,22H,3-4,6H2,(H,17,23). The summed E-state index contributed by atoms with van der Waals surface area (Å²) in [6.45, 7) is -0.596. The molecule has 0 bridgehead atoms. The van der Waals surface area contributed by atoms with E-state index in [1.165, 1.54) is 12.1 Å². The maximum atomic E-state index is 13.5. The third kappa shape index (κ3) is 4.03. The zero-order valence-corrected chi connectivity index (χ0v) is 15.0. The van der Waals surface area contributed by atoms with Crippen LogP contribution in [-0.2, 0) is 4.79 Å². The SMILES string of the molecule is O=C(COc1nonc1-c1noc(=O)n1-c1ccc(F)c(Br)c1)NCCO. The monoisotopic (exact) mass is 443 g/mol. The molecule has 0 spiro atoms. The van der Waals surface area contributed by atoms with Crippen LogP contribution in [0.5, 0.6) is 5.88 Å². The molecule has 0 saturated heterocycles. The number of amides is 1. The molecule has 0 aliphatic carbocycles. The summed E-state index contributed by atoms with van der Waals surface area (Å²) in [5.74, 6) is -2.23. The lowest BCUT2D eigenvalue weighted by Crippen LogP contribution is -2.31. The van der Waals surface area contributed by atoms with Gasteiger partial charge in [0.15, 0.2) is 6.61 Å². The number of aliphatic hydroxyl groups excluding tert-OH is 1. The number of carbonyl (C=O) groups excluding carboxylic acids is 1. The van der Waals surface area contributed by atoms with E-state index in [1.54, 1.807) is 0 Å².